The monoisotopic (exact) mass is 415 g/mol. The van der Waals surface area contributed by atoms with Crippen LogP contribution in [0.4, 0.5) is 5.82 Å². The van der Waals surface area contributed by atoms with Gasteiger partial charge in [0.15, 0.2) is 5.65 Å². The van der Waals surface area contributed by atoms with Crippen LogP contribution in [0, 0.1) is 13.8 Å². The molecule has 1 aromatic carbocycles. The van der Waals surface area contributed by atoms with Gasteiger partial charge >= 0.3 is 0 Å². The van der Waals surface area contributed by atoms with E-state index in [0.29, 0.717) is 29.0 Å². The summed E-state index contributed by atoms with van der Waals surface area (Å²) in [6.45, 7) is 8.23. The van der Waals surface area contributed by atoms with Crippen LogP contribution in [-0.2, 0) is 5.54 Å². The van der Waals surface area contributed by atoms with E-state index < -0.39 is 5.54 Å². The van der Waals surface area contributed by atoms with Crippen LogP contribution in [0.5, 0.6) is 0 Å². The number of rotatable bonds is 5. The summed E-state index contributed by atoms with van der Waals surface area (Å²) in [5.74, 6) is 0.210. The molecule has 8 heteroatoms. The van der Waals surface area contributed by atoms with Gasteiger partial charge in [0, 0.05) is 29.6 Å². The Morgan fingerprint density at radius 1 is 1.10 bits per heavy atom. The summed E-state index contributed by atoms with van der Waals surface area (Å²) in [5.41, 5.74) is 10.4. The maximum Gasteiger partial charge on any atom is 0.251 e. The molecule has 0 aliphatic heterocycles. The van der Waals surface area contributed by atoms with Crippen LogP contribution >= 0.6 is 0 Å². The molecule has 0 saturated carbocycles. The van der Waals surface area contributed by atoms with Crippen molar-refractivity contribution < 1.29 is 4.79 Å². The fraction of sp³-hybridized carbons (Fsp3) is 0.261. The highest BCUT2D eigenvalue weighted by atomic mass is 16.1. The number of pyridine rings is 1. The number of fused-ring (bicyclic) bond motifs is 1. The standard InChI is InChI=1S/C23H25N7O/c1-14-5-7-16(8-6-14)19-18-20(24)27-13-28-21(18)30(29-19)23(3,4)12-26-22(31)17-9-10-25-15(2)11-17/h5-11,13H,12H2,1-4H3,(H,26,31)(H2,24,27,28). The molecule has 0 aliphatic carbocycles. The first-order chi connectivity index (χ1) is 14.8. The van der Waals surface area contributed by atoms with Crippen molar-refractivity contribution >= 4 is 22.8 Å². The molecule has 0 spiro atoms. The molecule has 3 N–H and O–H groups in total. The number of nitrogens with one attached hydrogen (secondary N) is 1. The number of aryl methyl sites for hydroxylation is 2. The summed E-state index contributed by atoms with van der Waals surface area (Å²) in [6.07, 6.45) is 3.06. The van der Waals surface area contributed by atoms with E-state index in [-0.39, 0.29) is 5.91 Å². The first kappa shape index (κ1) is 20.5. The van der Waals surface area contributed by atoms with Gasteiger partial charge in [-0.2, -0.15) is 5.10 Å². The fourth-order valence-electron chi connectivity index (χ4n) is 3.47. The minimum absolute atomic E-state index is 0.164. The number of nitrogen functional groups attached to an aromatic ring is 1. The second-order valence-electron chi connectivity index (χ2n) is 8.26. The number of nitrogens with two attached hydrogens (primary N) is 1. The van der Waals surface area contributed by atoms with Crippen LogP contribution in [0.2, 0.25) is 0 Å². The van der Waals surface area contributed by atoms with Crippen molar-refractivity contribution in [2.24, 2.45) is 0 Å². The number of carbonyl (C=O) groups excluding carboxylic acids is 1. The van der Waals surface area contributed by atoms with Crippen LogP contribution in [0.3, 0.4) is 0 Å². The Bertz CT molecular complexity index is 1260. The zero-order valence-electron chi connectivity index (χ0n) is 18.0. The van der Waals surface area contributed by atoms with E-state index in [0.717, 1.165) is 22.5 Å². The maximum atomic E-state index is 12.6. The minimum atomic E-state index is -0.570. The zero-order valence-corrected chi connectivity index (χ0v) is 18.0. The Labute approximate surface area is 180 Å². The van der Waals surface area contributed by atoms with Crippen LogP contribution in [-0.4, -0.2) is 37.2 Å². The van der Waals surface area contributed by atoms with Gasteiger partial charge in [0.05, 0.1) is 10.9 Å². The number of carbonyl (C=O) groups is 1. The first-order valence-electron chi connectivity index (χ1n) is 10.0. The topological polar surface area (TPSA) is 112 Å². The first-order valence-corrected chi connectivity index (χ1v) is 10.0. The molecule has 158 valence electrons. The Balaban J connectivity index is 1.70. The zero-order chi connectivity index (χ0) is 22.2. The highest BCUT2D eigenvalue weighted by Crippen LogP contribution is 2.33. The normalized spacial score (nSPS) is 11.6. The van der Waals surface area contributed by atoms with Crippen molar-refractivity contribution in [1.29, 1.82) is 0 Å². The van der Waals surface area contributed by atoms with Crippen molar-refractivity contribution in [3.8, 4) is 11.3 Å². The number of hydrogen-bond acceptors (Lipinski definition) is 6. The third kappa shape index (κ3) is 3.96. The van der Waals surface area contributed by atoms with Gasteiger partial charge < -0.3 is 11.1 Å². The van der Waals surface area contributed by atoms with Gasteiger partial charge in [-0.15, -0.1) is 0 Å². The lowest BCUT2D eigenvalue weighted by Gasteiger charge is -2.26. The quantitative estimate of drug-likeness (QED) is 0.517. The molecule has 0 unspecified atom stereocenters. The molecule has 0 fully saturated rings. The van der Waals surface area contributed by atoms with Crippen LogP contribution in [0.1, 0.15) is 35.5 Å². The van der Waals surface area contributed by atoms with Gasteiger partial charge in [-0.3, -0.25) is 9.78 Å². The van der Waals surface area contributed by atoms with Gasteiger partial charge in [-0.1, -0.05) is 29.8 Å². The molecule has 0 atom stereocenters. The molecular weight excluding hydrogens is 390 g/mol. The average Bonchev–Trinajstić information content (AvgIpc) is 3.15. The number of amides is 1. The average molecular weight is 416 g/mol. The molecule has 0 saturated heterocycles. The lowest BCUT2D eigenvalue weighted by Crippen LogP contribution is -2.41. The van der Waals surface area contributed by atoms with Gasteiger partial charge in [-0.05, 0) is 39.8 Å². The molecule has 0 aliphatic rings. The maximum absolute atomic E-state index is 12.6. The number of aromatic nitrogens is 5. The van der Waals surface area contributed by atoms with E-state index in [1.54, 1.807) is 18.3 Å². The summed E-state index contributed by atoms with van der Waals surface area (Å²) >= 11 is 0. The van der Waals surface area contributed by atoms with Gasteiger partial charge in [0.1, 0.15) is 17.8 Å². The minimum Gasteiger partial charge on any atom is -0.383 e. The predicted molar refractivity (Wildman–Crippen MR) is 121 cm³/mol. The van der Waals surface area contributed by atoms with Crippen LogP contribution in [0.15, 0.2) is 48.9 Å². The second kappa shape index (κ2) is 7.79. The van der Waals surface area contributed by atoms with Crippen molar-refractivity contribution in [2.45, 2.75) is 33.2 Å². The van der Waals surface area contributed by atoms with E-state index in [1.807, 2.05) is 56.6 Å². The summed E-state index contributed by atoms with van der Waals surface area (Å²) in [5, 5.41) is 8.56. The molecule has 0 bridgehead atoms. The summed E-state index contributed by atoms with van der Waals surface area (Å²) in [4.78, 5) is 25.4. The molecule has 3 aromatic heterocycles. The highest BCUT2D eigenvalue weighted by molar-refractivity contribution is 5.98. The van der Waals surface area contributed by atoms with E-state index in [9.17, 15) is 4.79 Å². The van der Waals surface area contributed by atoms with Gasteiger partial charge in [-0.25, -0.2) is 14.6 Å². The van der Waals surface area contributed by atoms with Crippen molar-refractivity contribution in [1.82, 2.24) is 30.0 Å². The molecule has 3 heterocycles. The number of benzene rings is 1. The van der Waals surface area contributed by atoms with Crippen molar-refractivity contribution in [2.75, 3.05) is 12.3 Å². The van der Waals surface area contributed by atoms with Crippen LogP contribution < -0.4 is 11.1 Å². The van der Waals surface area contributed by atoms with E-state index in [2.05, 4.69) is 20.3 Å². The molecule has 8 nitrogen and oxygen atoms in total. The third-order valence-electron chi connectivity index (χ3n) is 5.23. The molecular formula is C23H25N7O. The van der Waals surface area contributed by atoms with Crippen LogP contribution in [0.25, 0.3) is 22.3 Å². The summed E-state index contributed by atoms with van der Waals surface area (Å²) in [6, 6.07) is 11.5. The molecule has 31 heavy (non-hydrogen) atoms. The van der Waals surface area contributed by atoms with Crippen molar-refractivity contribution in [3.63, 3.8) is 0 Å². The van der Waals surface area contributed by atoms with Crippen molar-refractivity contribution in [3.05, 3.63) is 65.7 Å². The lowest BCUT2D eigenvalue weighted by atomic mass is 10.1. The largest absolute Gasteiger partial charge is 0.383 e. The SMILES string of the molecule is Cc1ccc(-c2nn(C(C)(C)CNC(=O)c3ccnc(C)c3)c3ncnc(N)c23)cc1. The van der Waals surface area contributed by atoms with E-state index >= 15 is 0 Å². The highest BCUT2D eigenvalue weighted by Gasteiger charge is 2.28. The molecule has 1 amide bonds. The number of hydrogen-bond donors (Lipinski definition) is 2. The smallest absolute Gasteiger partial charge is 0.251 e. The molecule has 0 radical (unpaired) electrons. The molecule has 4 rings (SSSR count). The van der Waals surface area contributed by atoms with Gasteiger partial charge in [0.25, 0.3) is 5.91 Å². The second-order valence-corrected chi connectivity index (χ2v) is 8.26. The van der Waals surface area contributed by atoms with E-state index in [4.69, 9.17) is 10.8 Å². The van der Waals surface area contributed by atoms with E-state index in [1.165, 1.54) is 6.33 Å². The Morgan fingerprint density at radius 2 is 1.84 bits per heavy atom. The summed E-state index contributed by atoms with van der Waals surface area (Å²) in [7, 11) is 0. The Morgan fingerprint density at radius 3 is 2.55 bits per heavy atom. The predicted octanol–water partition coefficient (Wildman–Crippen LogP) is 3.25. The Kier molecular flexibility index (Phi) is 5.14. The lowest BCUT2D eigenvalue weighted by molar-refractivity contribution is 0.0936. The fourth-order valence-corrected chi connectivity index (χ4v) is 3.47. The molecule has 4 aromatic rings. The number of nitrogens with zero attached hydrogens (tertiary/aromatic N) is 5. The number of anilines is 1. The third-order valence-corrected chi connectivity index (χ3v) is 5.23. The Hall–Kier alpha value is -3.81. The summed E-state index contributed by atoms with van der Waals surface area (Å²) < 4.78 is 1.81. The van der Waals surface area contributed by atoms with Gasteiger partial charge in [0.2, 0.25) is 0 Å².